The molecule has 1 saturated heterocycles. The second-order valence-corrected chi connectivity index (χ2v) is 5.28. The molecule has 7 heteroatoms. The molecule has 0 spiro atoms. The van der Waals surface area contributed by atoms with Crippen molar-refractivity contribution in [2.24, 2.45) is 5.41 Å². The number of para-hydroxylation sites is 1. The van der Waals surface area contributed by atoms with Gasteiger partial charge in [0.2, 0.25) is 0 Å². The predicted molar refractivity (Wildman–Crippen MR) is 76.4 cm³/mol. The molecule has 1 heterocycles. The zero-order chi connectivity index (χ0) is 15.5. The lowest BCUT2D eigenvalue weighted by Gasteiger charge is -2.33. The van der Waals surface area contributed by atoms with Crippen LogP contribution in [0.2, 0.25) is 0 Å². The number of ether oxygens (including phenoxy) is 1. The number of hydrogen-bond donors (Lipinski definition) is 2. The Kier molecular flexibility index (Phi) is 4.42. The number of benzene rings is 1. The lowest BCUT2D eigenvalue weighted by atomic mass is 9.80. The van der Waals surface area contributed by atoms with Crippen LogP contribution >= 0.6 is 0 Å². The molecule has 1 aliphatic rings. The van der Waals surface area contributed by atoms with Crippen molar-refractivity contribution in [3.05, 3.63) is 33.9 Å². The summed E-state index contributed by atoms with van der Waals surface area (Å²) in [6.07, 6.45) is 0.796. The average Bonchev–Trinajstić information content (AvgIpc) is 2.46. The smallest absolute Gasteiger partial charge is 0.311 e. The largest absolute Gasteiger partial charge is 0.481 e. The fourth-order valence-corrected chi connectivity index (χ4v) is 2.52. The van der Waals surface area contributed by atoms with Crippen molar-refractivity contribution in [2.45, 2.75) is 19.8 Å². The van der Waals surface area contributed by atoms with E-state index in [1.54, 1.807) is 19.1 Å². The fourth-order valence-electron chi connectivity index (χ4n) is 2.52. The fraction of sp³-hybridized carbons (Fsp3) is 0.500. The maximum atomic E-state index is 11.6. The summed E-state index contributed by atoms with van der Waals surface area (Å²) in [6, 6.07) is 4.78. The number of anilines is 1. The summed E-state index contributed by atoms with van der Waals surface area (Å²) in [5.41, 5.74) is 0.128. The predicted octanol–water partition coefficient (Wildman–Crippen LogP) is 2.20. The molecule has 0 radical (unpaired) electrons. The van der Waals surface area contributed by atoms with Gasteiger partial charge in [-0.2, -0.15) is 0 Å². The third-order valence-corrected chi connectivity index (χ3v) is 3.95. The number of rotatable bonds is 5. The average molecular weight is 294 g/mol. The number of nitro groups is 1. The summed E-state index contributed by atoms with van der Waals surface area (Å²) < 4.78 is 5.21. The van der Waals surface area contributed by atoms with Crippen LogP contribution in [0.4, 0.5) is 11.4 Å². The Bertz CT molecular complexity index is 552. The van der Waals surface area contributed by atoms with Gasteiger partial charge in [-0.1, -0.05) is 12.1 Å². The molecule has 0 atom stereocenters. The molecular formula is C14H18N2O5. The quantitative estimate of drug-likeness (QED) is 0.637. The van der Waals surface area contributed by atoms with Crippen LogP contribution in [0.15, 0.2) is 18.2 Å². The molecule has 114 valence electrons. The number of carboxylic acid groups (broad SMARTS) is 1. The van der Waals surface area contributed by atoms with Gasteiger partial charge in [0.05, 0.1) is 10.3 Å². The summed E-state index contributed by atoms with van der Waals surface area (Å²) in [4.78, 5) is 22.2. The van der Waals surface area contributed by atoms with Crippen LogP contribution in [-0.2, 0) is 9.53 Å². The van der Waals surface area contributed by atoms with Gasteiger partial charge in [-0.25, -0.2) is 0 Å². The summed E-state index contributed by atoms with van der Waals surface area (Å²) in [6.45, 7) is 2.69. The van der Waals surface area contributed by atoms with Crippen LogP contribution in [0.1, 0.15) is 18.4 Å². The van der Waals surface area contributed by atoms with Gasteiger partial charge >= 0.3 is 5.97 Å². The minimum atomic E-state index is -0.936. The van der Waals surface area contributed by atoms with Crippen molar-refractivity contribution in [3.63, 3.8) is 0 Å². The zero-order valence-electron chi connectivity index (χ0n) is 11.8. The molecule has 0 bridgehead atoms. The lowest BCUT2D eigenvalue weighted by molar-refractivity contribution is -0.384. The summed E-state index contributed by atoms with van der Waals surface area (Å²) >= 11 is 0. The van der Waals surface area contributed by atoms with Crippen molar-refractivity contribution >= 4 is 17.3 Å². The standard InChI is InChI=1S/C14H18N2O5/c1-10-3-2-4-11(16(19)20)12(10)15-9-14(13(17)18)5-7-21-8-6-14/h2-4,15H,5-9H2,1H3,(H,17,18). The molecule has 0 aromatic heterocycles. The Balaban J connectivity index is 2.22. The van der Waals surface area contributed by atoms with Gasteiger partial charge < -0.3 is 15.2 Å². The van der Waals surface area contributed by atoms with Gasteiger partial charge in [-0.3, -0.25) is 14.9 Å². The van der Waals surface area contributed by atoms with Gasteiger partial charge in [0.25, 0.3) is 5.69 Å². The molecule has 1 aromatic rings. The maximum Gasteiger partial charge on any atom is 0.311 e. The number of aryl methyl sites for hydroxylation is 1. The SMILES string of the molecule is Cc1cccc([N+](=O)[O-])c1NCC1(C(=O)O)CCOCC1. The summed E-state index contributed by atoms with van der Waals surface area (Å²) in [5, 5.41) is 23.5. The van der Waals surface area contributed by atoms with Gasteiger partial charge in [0.15, 0.2) is 0 Å². The Morgan fingerprint density at radius 2 is 2.14 bits per heavy atom. The number of aliphatic carboxylic acids is 1. The second-order valence-electron chi connectivity index (χ2n) is 5.28. The third kappa shape index (κ3) is 3.13. The molecule has 2 rings (SSSR count). The topological polar surface area (TPSA) is 102 Å². The van der Waals surface area contributed by atoms with E-state index in [1.165, 1.54) is 6.07 Å². The minimum Gasteiger partial charge on any atom is -0.481 e. The van der Waals surface area contributed by atoms with E-state index in [0.717, 1.165) is 5.56 Å². The summed E-state index contributed by atoms with van der Waals surface area (Å²) in [5.74, 6) is -0.894. The molecule has 0 amide bonds. The van der Waals surface area contributed by atoms with E-state index in [1.807, 2.05) is 0 Å². The van der Waals surface area contributed by atoms with Crippen LogP contribution in [-0.4, -0.2) is 35.8 Å². The van der Waals surface area contributed by atoms with E-state index in [-0.39, 0.29) is 12.2 Å². The highest BCUT2D eigenvalue weighted by Crippen LogP contribution is 2.34. The van der Waals surface area contributed by atoms with Gasteiger partial charge in [0.1, 0.15) is 5.69 Å². The maximum absolute atomic E-state index is 11.6. The van der Waals surface area contributed by atoms with Crippen molar-refractivity contribution in [1.29, 1.82) is 0 Å². The van der Waals surface area contributed by atoms with Gasteiger partial charge in [-0.15, -0.1) is 0 Å². The molecule has 21 heavy (non-hydrogen) atoms. The first kappa shape index (κ1) is 15.2. The molecular weight excluding hydrogens is 276 g/mol. The van der Waals surface area contributed by atoms with Gasteiger partial charge in [-0.05, 0) is 25.3 Å². The van der Waals surface area contributed by atoms with E-state index < -0.39 is 16.3 Å². The Morgan fingerprint density at radius 3 is 2.71 bits per heavy atom. The molecule has 7 nitrogen and oxygen atoms in total. The second kappa shape index (κ2) is 6.09. The van der Waals surface area contributed by atoms with Crippen LogP contribution in [0.5, 0.6) is 0 Å². The first-order valence-electron chi connectivity index (χ1n) is 6.75. The highest BCUT2D eigenvalue weighted by molar-refractivity contribution is 5.76. The van der Waals surface area contributed by atoms with Crippen molar-refractivity contribution in [2.75, 3.05) is 25.1 Å². The van der Waals surface area contributed by atoms with Crippen LogP contribution in [0.25, 0.3) is 0 Å². The number of nitrogens with zero attached hydrogens (tertiary/aromatic N) is 1. The van der Waals surface area contributed by atoms with Crippen molar-refractivity contribution in [3.8, 4) is 0 Å². The molecule has 1 aliphatic heterocycles. The number of carbonyl (C=O) groups is 1. The van der Waals surface area contributed by atoms with E-state index in [0.29, 0.717) is 31.7 Å². The number of nitro benzene ring substituents is 1. The molecule has 1 aromatic carbocycles. The lowest BCUT2D eigenvalue weighted by Crippen LogP contribution is -2.42. The molecule has 2 N–H and O–H groups in total. The zero-order valence-corrected chi connectivity index (χ0v) is 11.8. The van der Waals surface area contributed by atoms with Crippen molar-refractivity contribution in [1.82, 2.24) is 0 Å². The molecule has 0 unspecified atom stereocenters. The Labute approximate surface area is 122 Å². The van der Waals surface area contributed by atoms with Crippen molar-refractivity contribution < 1.29 is 19.6 Å². The Morgan fingerprint density at radius 1 is 1.48 bits per heavy atom. The van der Waals surface area contributed by atoms with E-state index >= 15 is 0 Å². The van der Waals surface area contributed by atoms with E-state index in [9.17, 15) is 20.0 Å². The van der Waals surface area contributed by atoms with E-state index in [4.69, 9.17) is 4.74 Å². The normalized spacial score (nSPS) is 17.2. The molecule has 0 saturated carbocycles. The first-order valence-corrected chi connectivity index (χ1v) is 6.75. The third-order valence-electron chi connectivity index (χ3n) is 3.95. The number of hydrogen-bond acceptors (Lipinski definition) is 5. The van der Waals surface area contributed by atoms with Crippen LogP contribution in [0, 0.1) is 22.5 Å². The molecule has 0 aliphatic carbocycles. The Hall–Kier alpha value is -2.15. The highest BCUT2D eigenvalue weighted by atomic mass is 16.6. The number of carboxylic acids is 1. The minimum absolute atomic E-state index is 0.0393. The first-order chi connectivity index (χ1) is 9.96. The number of nitrogens with one attached hydrogen (secondary N) is 1. The van der Waals surface area contributed by atoms with Crippen LogP contribution < -0.4 is 5.32 Å². The van der Waals surface area contributed by atoms with E-state index in [2.05, 4.69) is 5.32 Å². The van der Waals surface area contributed by atoms with Gasteiger partial charge in [0, 0.05) is 25.8 Å². The molecule has 1 fully saturated rings. The highest BCUT2D eigenvalue weighted by Gasteiger charge is 2.40. The summed E-state index contributed by atoms with van der Waals surface area (Å²) in [7, 11) is 0. The van der Waals surface area contributed by atoms with Crippen LogP contribution in [0.3, 0.4) is 0 Å². The monoisotopic (exact) mass is 294 g/mol.